The number of hydrogen-bond donors (Lipinski definition) is 1. The van der Waals surface area contributed by atoms with Crippen LogP contribution in [0.1, 0.15) is 20.3 Å². The molecule has 1 aromatic rings. The van der Waals surface area contributed by atoms with Crippen LogP contribution in [0.25, 0.3) is 0 Å². The summed E-state index contributed by atoms with van der Waals surface area (Å²) >= 11 is 3.44. The smallest absolute Gasteiger partial charge is 0.0590 e. The molecule has 14 heavy (non-hydrogen) atoms. The molecule has 0 atom stereocenters. The zero-order valence-corrected chi connectivity index (χ0v) is 10.1. The van der Waals surface area contributed by atoms with E-state index in [1.807, 2.05) is 6.07 Å². The van der Waals surface area contributed by atoms with Gasteiger partial charge in [0, 0.05) is 18.9 Å². The standard InChI is InChI=1S/C11H15BrN2/c1-9(2)4-3-6-14-11-5-7-13-8-10(11)12/h4-5,7-8H,3,6H2,1-2H3,(H,13,14). The Morgan fingerprint density at radius 3 is 3.00 bits per heavy atom. The Bertz CT molecular complexity index is 317. The lowest BCUT2D eigenvalue weighted by atomic mass is 10.2. The highest BCUT2D eigenvalue weighted by Gasteiger charge is 1.95. The first-order valence-electron chi connectivity index (χ1n) is 4.67. The molecule has 0 bridgehead atoms. The molecule has 0 aliphatic carbocycles. The fourth-order valence-electron chi connectivity index (χ4n) is 1.09. The average Bonchev–Trinajstić information content (AvgIpc) is 2.15. The fraction of sp³-hybridized carbons (Fsp3) is 0.364. The molecule has 3 heteroatoms. The van der Waals surface area contributed by atoms with Gasteiger partial charge in [-0.3, -0.25) is 4.98 Å². The topological polar surface area (TPSA) is 24.9 Å². The molecule has 1 heterocycles. The highest BCUT2D eigenvalue weighted by atomic mass is 79.9. The Labute approximate surface area is 93.6 Å². The number of aromatic nitrogens is 1. The molecule has 2 nitrogen and oxygen atoms in total. The number of nitrogens with one attached hydrogen (secondary N) is 1. The largest absolute Gasteiger partial charge is 0.384 e. The van der Waals surface area contributed by atoms with Crippen molar-refractivity contribution in [1.29, 1.82) is 0 Å². The van der Waals surface area contributed by atoms with Crippen molar-refractivity contribution in [2.24, 2.45) is 0 Å². The Kier molecular flexibility index (Phi) is 4.66. The maximum absolute atomic E-state index is 4.00. The number of nitrogens with zero attached hydrogens (tertiary/aromatic N) is 1. The molecule has 0 amide bonds. The summed E-state index contributed by atoms with van der Waals surface area (Å²) in [5, 5.41) is 3.34. The summed E-state index contributed by atoms with van der Waals surface area (Å²) in [5.74, 6) is 0. The highest BCUT2D eigenvalue weighted by Crippen LogP contribution is 2.19. The number of anilines is 1. The Balaban J connectivity index is 2.39. The van der Waals surface area contributed by atoms with Gasteiger partial charge in [-0.05, 0) is 42.3 Å². The maximum atomic E-state index is 4.00. The fourth-order valence-corrected chi connectivity index (χ4v) is 1.48. The molecule has 0 aliphatic heterocycles. The van der Waals surface area contributed by atoms with Crippen LogP contribution in [0.15, 0.2) is 34.6 Å². The van der Waals surface area contributed by atoms with Crippen LogP contribution in [0.4, 0.5) is 5.69 Å². The number of rotatable bonds is 4. The Morgan fingerprint density at radius 1 is 1.57 bits per heavy atom. The van der Waals surface area contributed by atoms with E-state index in [1.54, 1.807) is 12.4 Å². The van der Waals surface area contributed by atoms with Gasteiger partial charge in [0.15, 0.2) is 0 Å². The monoisotopic (exact) mass is 254 g/mol. The second kappa shape index (κ2) is 5.81. The molecular weight excluding hydrogens is 240 g/mol. The van der Waals surface area contributed by atoms with E-state index in [0.29, 0.717) is 0 Å². The maximum Gasteiger partial charge on any atom is 0.0590 e. The number of hydrogen-bond acceptors (Lipinski definition) is 2. The lowest BCUT2D eigenvalue weighted by molar-refractivity contribution is 1.05. The second-order valence-electron chi connectivity index (χ2n) is 3.35. The van der Waals surface area contributed by atoms with E-state index in [1.165, 1.54) is 5.57 Å². The van der Waals surface area contributed by atoms with Gasteiger partial charge in [-0.15, -0.1) is 0 Å². The van der Waals surface area contributed by atoms with E-state index in [9.17, 15) is 0 Å². The van der Waals surface area contributed by atoms with Gasteiger partial charge in [-0.2, -0.15) is 0 Å². The average molecular weight is 255 g/mol. The van der Waals surface area contributed by atoms with Crippen LogP contribution in [-0.2, 0) is 0 Å². The molecule has 1 N–H and O–H groups in total. The highest BCUT2D eigenvalue weighted by molar-refractivity contribution is 9.10. The first-order chi connectivity index (χ1) is 6.70. The minimum Gasteiger partial charge on any atom is -0.384 e. The third-order valence-corrected chi connectivity index (χ3v) is 2.42. The summed E-state index contributed by atoms with van der Waals surface area (Å²) in [5.41, 5.74) is 2.46. The van der Waals surface area contributed by atoms with Crippen LogP contribution >= 0.6 is 15.9 Å². The van der Waals surface area contributed by atoms with Crippen molar-refractivity contribution in [3.05, 3.63) is 34.6 Å². The molecule has 0 radical (unpaired) electrons. The molecule has 76 valence electrons. The molecule has 1 rings (SSSR count). The molecule has 0 unspecified atom stereocenters. The molecule has 0 saturated heterocycles. The van der Waals surface area contributed by atoms with Crippen LogP contribution in [0.3, 0.4) is 0 Å². The normalized spacial score (nSPS) is 9.64. The minimum atomic E-state index is 0.952. The molecule has 0 spiro atoms. The van der Waals surface area contributed by atoms with Gasteiger partial charge in [-0.25, -0.2) is 0 Å². The van der Waals surface area contributed by atoms with E-state index >= 15 is 0 Å². The molecular formula is C11H15BrN2. The number of allylic oxidation sites excluding steroid dienone is 1. The first kappa shape index (κ1) is 11.2. The third kappa shape index (κ3) is 3.92. The van der Waals surface area contributed by atoms with E-state index in [2.05, 4.69) is 46.2 Å². The minimum absolute atomic E-state index is 0.952. The number of pyridine rings is 1. The van der Waals surface area contributed by atoms with Crippen LogP contribution in [-0.4, -0.2) is 11.5 Å². The van der Waals surface area contributed by atoms with Crippen LogP contribution in [0.2, 0.25) is 0 Å². The number of halogens is 1. The third-order valence-electron chi connectivity index (χ3n) is 1.78. The predicted molar refractivity (Wildman–Crippen MR) is 64.5 cm³/mol. The van der Waals surface area contributed by atoms with Gasteiger partial charge in [0.05, 0.1) is 10.2 Å². The van der Waals surface area contributed by atoms with Gasteiger partial charge < -0.3 is 5.32 Å². The zero-order chi connectivity index (χ0) is 10.4. The van der Waals surface area contributed by atoms with Crippen molar-refractivity contribution < 1.29 is 0 Å². The molecule has 1 aromatic heterocycles. The summed E-state index contributed by atoms with van der Waals surface area (Å²) in [6, 6.07) is 1.96. The van der Waals surface area contributed by atoms with Crippen LogP contribution in [0.5, 0.6) is 0 Å². The predicted octanol–water partition coefficient (Wildman–Crippen LogP) is 3.61. The Hall–Kier alpha value is -0.830. The van der Waals surface area contributed by atoms with E-state index < -0.39 is 0 Å². The first-order valence-corrected chi connectivity index (χ1v) is 5.46. The van der Waals surface area contributed by atoms with E-state index in [4.69, 9.17) is 0 Å². The molecule has 0 aliphatic rings. The van der Waals surface area contributed by atoms with Crippen LogP contribution < -0.4 is 5.32 Å². The molecule has 0 saturated carbocycles. The summed E-state index contributed by atoms with van der Waals surface area (Å²) in [6.45, 7) is 5.18. The van der Waals surface area contributed by atoms with Gasteiger partial charge in [0.25, 0.3) is 0 Å². The Morgan fingerprint density at radius 2 is 2.36 bits per heavy atom. The van der Waals surface area contributed by atoms with Crippen molar-refractivity contribution in [1.82, 2.24) is 4.98 Å². The SMILES string of the molecule is CC(C)=CCCNc1ccncc1Br. The van der Waals surface area contributed by atoms with Crippen molar-refractivity contribution in [2.45, 2.75) is 20.3 Å². The summed E-state index contributed by atoms with van der Waals surface area (Å²) < 4.78 is 1.01. The lowest BCUT2D eigenvalue weighted by Crippen LogP contribution is -2.00. The summed E-state index contributed by atoms with van der Waals surface area (Å²) in [4.78, 5) is 4.00. The lowest BCUT2D eigenvalue weighted by Gasteiger charge is -2.05. The quantitative estimate of drug-likeness (QED) is 0.656. The summed E-state index contributed by atoms with van der Waals surface area (Å²) in [7, 11) is 0. The zero-order valence-electron chi connectivity index (χ0n) is 8.55. The van der Waals surface area contributed by atoms with Crippen molar-refractivity contribution in [2.75, 3.05) is 11.9 Å². The molecule has 0 fully saturated rings. The van der Waals surface area contributed by atoms with Crippen molar-refractivity contribution >= 4 is 21.6 Å². The van der Waals surface area contributed by atoms with Crippen LogP contribution in [0, 0.1) is 0 Å². The molecule has 0 aromatic carbocycles. The van der Waals surface area contributed by atoms with Crippen molar-refractivity contribution in [3.63, 3.8) is 0 Å². The van der Waals surface area contributed by atoms with Gasteiger partial charge in [0.1, 0.15) is 0 Å². The van der Waals surface area contributed by atoms with E-state index in [0.717, 1.165) is 23.1 Å². The second-order valence-corrected chi connectivity index (χ2v) is 4.21. The van der Waals surface area contributed by atoms with Gasteiger partial charge in [-0.1, -0.05) is 11.6 Å². The summed E-state index contributed by atoms with van der Waals surface area (Å²) in [6.07, 6.45) is 6.86. The van der Waals surface area contributed by atoms with E-state index in [-0.39, 0.29) is 0 Å². The van der Waals surface area contributed by atoms with Gasteiger partial charge >= 0.3 is 0 Å². The van der Waals surface area contributed by atoms with Gasteiger partial charge in [0.2, 0.25) is 0 Å². The van der Waals surface area contributed by atoms with Crippen molar-refractivity contribution in [3.8, 4) is 0 Å².